The number of ether oxygens (including phenoxy) is 1. The smallest absolute Gasteiger partial charge is 0.253 e. The van der Waals surface area contributed by atoms with Crippen molar-refractivity contribution in [3.63, 3.8) is 0 Å². The lowest BCUT2D eigenvalue weighted by Gasteiger charge is -2.28. The second kappa shape index (κ2) is 5.51. The number of aromatic nitrogens is 2. The maximum Gasteiger partial charge on any atom is 0.253 e. The highest BCUT2D eigenvalue weighted by Gasteiger charge is 2.25. The summed E-state index contributed by atoms with van der Waals surface area (Å²) in [4.78, 5) is 12.2. The minimum Gasteiger partial charge on any atom is -0.389 e. The van der Waals surface area contributed by atoms with Crippen molar-refractivity contribution in [1.82, 2.24) is 14.9 Å². The zero-order valence-electron chi connectivity index (χ0n) is 10.6. The van der Waals surface area contributed by atoms with E-state index >= 15 is 0 Å². The molecule has 106 valence electrons. The molecule has 2 N–H and O–H groups in total. The van der Waals surface area contributed by atoms with E-state index in [-0.39, 0.29) is 18.6 Å². The molecule has 1 aliphatic rings. The molecule has 0 aliphatic carbocycles. The van der Waals surface area contributed by atoms with Crippen LogP contribution in [0.15, 0.2) is 29.0 Å². The molecule has 6 nitrogen and oxygen atoms in total. The molecule has 0 saturated carbocycles. The van der Waals surface area contributed by atoms with Crippen LogP contribution < -0.4 is 5.32 Å². The number of hydrogen-bond acceptors (Lipinski definition) is 4. The lowest BCUT2D eigenvalue weighted by Crippen LogP contribution is -2.48. The van der Waals surface area contributed by atoms with Gasteiger partial charge in [0, 0.05) is 12.8 Å². The van der Waals surface area contributed by atoms with Gasteiger partial charge in [-0.15, -0.1) is 0 Å². The summed E-state index contributed by atoms with van der Waals surface area (Å²) in [6, 6.07) is 3.30. The van der Waals surface area contributed by atoms with Crippen LogP contribution in [0.3, 0.4) is 0 Å². The summed E-state index contributed by atoms with van der Waals surface area (Å²) < 4.78 is 7.66. The minimum absolute atomic E-state index is 0.218. The first-order valence-electron chi connectivity index (χ1n) is 6.35. The zero-order chi connectivity index (χ0) is 14.1. The third kappa shape index (κ3) is 2.56. The van der Waals surface area contributed by atoms with Crippen LogP contribution >= 0.6 is 15.9 Å². The van der Waals surface area contributed by atoms with Crippen molar-refractivity contribution in [3.8, 4) is 0 Å². The summed E-state index contributed by atoms with van der Waals surface area (Å²) >= 11 is 3.39. The van der Waals surface area contributed by atoms with Crippen LogP contribution in [0.5, 0.6) is 0 Å². The predicted molar refractivity (Wildman–Crippen MR) is 75.6 cm³/mol. The molecule has 1 amide bonds. The zero-order valence-corrected chi connectivity index (χ0v) is 12.2. The Labute approximate surface area is 123 Å². The van der Waals surface area contributed by atoms with Crippen molar-refractivity contribution < 1.29 is 14.6 Å². The van der Waals surface area contributed by atoms with Crippen molar-refractivity contribution in [2.75, 3.05) is 13.2 Å². The third-order valence-electron chi connectivity index (χ3n) is 3.37. The summed E-state index contributed by atoms with van der Waals surface area (Å²) in [6.07, 6.45) is 3.30. The van der Waals surface area contributed by atoms with E-state index in [2.05, 4.69) is 26.3 Å². The maximum absolute atomic E-state index is 12.2. The largest absolute Gasteiger partial charge is 0.389 e. The number of pyridine rings is 1. The summed E-state index contributed by atoms with van der Waals surface area (Å²) in [6.45, 7) is 0.809. The standard InChI is InChI=1S/C13H14BrN3O3/c14-9-5-15-17-6-8(1-2-11(9)17)13(19)16-10-3-4-20-7-12(10)18/h1-2,5-6,10,12,18H,3-4,7H2,(H,16,19)/t10-,12-/m1/s1. The monoisotopic (exact) mass is 339 g/mol. The van der Waals surface area contributed by atoms with E-state index < -0.39 is 6.10 Å². The number of halogens is 1. The van der Waals surface area contributed by atoms with Crippen LogP contribution in [0.4, 0.5) is 0 Å². The van der Waals surface area contributed by atoms with Gasteiger partial charge in [-0.25, -0.2) is 4.52 Å². The number of nitrogens with zero attached hydrogens (tertiary/aromatic N) is 2. The van der Waals surface area contributed by atoms with Gasteiger partial charge in [0.25, 0.3) is 5.91 Å². The number of amides is 1. The fraction of sp³-hybridized carbons (Fsp3) is 0.385. The molecule has 2 atom stereocenters. The molecule has 1 saturated heterocycles. The van der Waals surface area contributed by atoms with Crippen LogP contribution in [-0.4, -0.2) is 46.0 Å². The number of aliphatic hydroxyl groups excluding tert-OH is 1. The molecule has 0 radical (unpaired) electrons. The second-order valence-electron chi connectivity index (χ2n) is 4.75. The Balaban J connectivity index is 1.78. The number of carbonyl (C=O) groups excluding carboxylic acids is 1. The van der Waals surface area contributed by atoms with Gasteiger partial charge in [0.1, 0.15) is 0 Å². The first-order valence-corrected chi connectivity index (χ1v) is 7.14. The molecule has 7 heteroatoms. The fourth-order valence-electron chi connectivity index (χ4n) is 2.23. The fourth-order valence-corrected chi connectivity index (χ4v) is 2.64. The average molecular weight is 340 g/mol. The highest BCUT2D eigenvalue weighted by Crippen LogP contribution is 2.18. The van der Waals surface area contributed by atoms with Crippen molar-refractivity contribution in [3.05, 3.63) is 34.6 Å². The molecule has 2 aromatic heterocycles. The van der Waals surface area contributed by atoms with E-state index in [1.165, 1.54) is 0 Å². The highest BCUT2D eigenvalue weighted by atomic mass is 79.9. The van der Waals surface area contributed by atoms with Gasteiger partial charge in [-0.1, -0.05) is 0 Å². The first-order chi connectivity index (χ1) is 9.65. The third-order valence-corrected chi connectivity index (χ3v) is 3.99. The molecule has 0 aromatic carbocycles. The molecule has 0 spiro atoms. The molecule has 3 heterocycles. The quantitative estimate of drug-likeness (QED) is 0.855. The Kier molecular flexibility index (Phi) is 3.73. The average Bonchev–Trinajstić information content (AvgIpc) is 2.82. The van der Waals surface area contributed by atoms with E-state index in [9.17, 15) is 9.90 Å². The Hall–Kier alpha value is -1.44. The van der Waals surface area contributed by atoms with Gasteiger partial charge in [0.05, 0.1) is 40.5 Å². The van der Waals surface area contributed by atoms with Crippen LogP contribution in [0.1, 0.15) is 16.8 Å². The molecule has 1 aliphatic heterocycles. The Morgan fingerprint density at radius 1 is 1.55 bits per heavy atom. The van der Waals surface area contributed by atoms with E-state index in [4.69, 9.17) is 4.74 Å². The Morgan fingerprint density at radius 2 is 2.40 bits per heavy atom. The number of rotatable bonds is 2. The van der Waals surface area contributed by atoms with E-state index in [1.54, 1.807) is 23.0 Å². The number of hydrogen-bond donors (Lipinski definition) is 2. The van der Waals surface area contributed by atoms with Gasteiger partial charge in [-0.2, -0.15) is 5.10 Å². The number of carbonyl (C=O) groups is 1. The topological polar surface area (TPSA) is 75.9 Å². The summed E-state index contributed by atoms with van der Waals surface area (Å²) in [5, 5.41) is 16.8. The molecule has 0 unspecified atom stereocenters. The highest BCUT2D eigenvalue weighted by molar-refractivity contribution is 9.10. The van der Waals surface area contributed by atoms with Crippen molar-refractivity contribution >= 4 is 27.4 Å². The first kappa shape index (κ1) is 13.5. The molecule has 0 bridgehead atoms. The van der Waals surface area contributed by atoms with Crippen LogP contribution in [0.2, 0.25) is 0 Å². The Bertz CT molecular complexity index is 643. The molecule has 1 fully saturated rings. The van der Waals surface area contributed by atoms with Gasteiger partial charge in [-0.05, 0) is 34.5 Å². The van der Waals surface area contributed by atoms with Crippen LogP contribution in [-0.2, 0) is 4.74 Å². The van der Waals surface area contributed by atoms with Gasteiger partial charge in [0.2, 0.25) is 0 Å². The molecule has 2 aromatic rings. The van der Waals surface area contributed by atoms with Crippen LogP contribution in [0.25, 0.3) is 5.52 Å². The summed E-state index contributed by atoms with van der Waals surface area (Å²) in [5.41, 5.74) is 1.40. The SMILES string of the molecule is O=C(N[C@@H]1CCOC[C@H]1O)c1ccc2c(Br)cnn2c1. The number of fused-ring (bicyclic) bond motifs is 1. The van der Waals surface area contributed by atoms with E-state index in [0.29, 0.717) is 18.6 Å². The van der Waals surface area contributed by atoms with Gasteiger partial charge < -0.3 is 15.2 Å². The number of aliphatic hydroxyl groups is 1. The normalized spacial score (nSPS) is 22.9. The lowest BCUT2D eigenvalue weighted by molar-refractivity contribution is -0.0260. The van der Waals surface area contributed by atoms with E-state index in [1.807, 2.05) is 6.07 Å². The van der Waals surface area contributed by atoms with Crippen molar-refractivity contribution in [1.29, 1.82) is 0 Å². The molecular formula is C13H14BrN3O3. The predicted octanol–water partition coefficient (Wildman–Crippen LogP) is 0.976. The molecule has 3 rings (SSSR count). The maximum atomic E-state index is 12.2. The molecular weight excluding hydrogens is 326 g/mol. The Morgan fingerprint density at radius 3 is 3.20 bits per heavy atom. The van der Waals surface area contributed by atoms with Gasteiger partial charge >= 0.3 is 0 Å². The second-order valence-corrected chi connectivity index (χ2v) is 5.61. The van der Waals surface area contributed by atoms with Crippen LogP contribution in [0, 0.1) is 0 Å². The van der Waals surface area contributed by atoms with Gasteiger partial charge in [-0.3, -0.25) is 4.79 Å². The van der Waals surface area contributed by atoms with Crippen molar-refractivity contribution in [2.24, 2.45) is 0 Å². The summed E-state index contributed by atoms with van der Waals surface area (Å²) in [7, 11) is 0. The number of nitrogens with one attached hydrogen (secondary N) is 1. The van der Waals surface area contributed by atoms with E-state index in [0.717, 1.165) is 9.99 Å². The molecule has 20 heavy (non-hydrogen) atoms. The van der Waals surface area contributed by atoms with Crippen molar-refractivity contribution in [2.45, 2.75) is 18.6 Å². The van der Waals surface area contributed by atoms with Gasteiger partial charge in [0.15, 0.2) is 0 Å². The minimum atomic E-state index is -0.657. The lowest BCUT2D eigenvalue weighted by atomic mass is 10.1. The summed E-state index contributed by atoms with van der Waals surface area (Å²) in [5.74, 6) is -0.218.